The zero-order chi connectivity index (χ0) is 17.7. The number of aliphatic hydroxyl groups excluding tert-OH is 1. The van der Waals surface area contributed by atoms with Crippen molar-refractivity contribution in [3.63, 3.8) is 0 Å². The Morgan fingerprint density at radius 1 is 1.29 bits per heavy atom. The molecule has 1 N–H and O–H groups in total. The second-order valence-electron chi connectivity index (χ2n) is 6.76. The fourth-order valence-corrected chi connectivity index (χ4v) is 2.26. The molecule has 0 aliphatic carbocycles. The van der Waals surface area contributed by atoms with Crippen molar-refractivity contribution in [2.75, 3.05) is 7.05 Å². The van der Waals surface area contributed by atoms with Gasteiger partial charge < -0.3 is 14.7 Å². The molecule has 0 fully saturated rings. The third kappa shape index (κ3) is 5.09. The largest absolute Gasteiger partial charge is 0.444 e. The van der Waals surface area contributed by atoms with E-state index in [1.807, 2.05) is 57.2 Å². The SMILES string of the molecule is CN(Cc1cc(CO)n(Cc2ccccc2)n1)C(=O)OC(C)(C)C. The van der Waals surface area contributed by atoms with E-state index in [4.69, 9.17) is 4.74 Å². The molecular formula is C18H25N3O3. The van der Waals surface area contributed by atoms with Crippen LogP contribution in [0.2, 0.25) is 0 Å². The molecule has 0 saturated heterocycles. The molecule has 6 nitrogen and oxygen atoms in total. The first-order valence-electron chi connectivity index (χ1n) is 7.93. The van der Waals surface area contributed by atoms with Crippen molar-refractivity contribution in [3.8, 4) is 0 Å². The van der Waals surface area contributed by atoms with Gasteiger partial charge in [0.25, 0.3) is 0 Å². The highest BCUT2D eigenvalue weighted by Crippen LogP contribution is 2.13. The number of hydrogen-bond acceptors (Lipinski definition) is 4. The molecule has 1 aromatic carbocycles. The van der Waals surface area contributed by atoms with E-state index in [9.17, 15) is 9.90 Å². The molecule has 0 atom stereocenters. The van der Waals surface area contributed by atoms with Crippen molar-refractivity contribution in [2.45, 2.75) is 46.1 Å². The normalized spacial score (nSPS) is 11.4. The Labute approximate surface area is 142 Å². The van der Waals surface area contributed by atoms with Crippen molar-refractivity contribution in [1.82, 2.24) is 14.7 Å². The zero-order valence-electron chi connectivity index (χ0n) is 14.7. The molecule has 1 heterocycles. The van der Waals surface area contributed by atoms with E-state index in [1.165, 1.54) is 4.90 Å². The summed E-state index contributed by atoms with van der Waals surface area (Å²) in [7, 11) is 1.67. The average molecular weight is 331 g/mol. The van der Waals surface area contributed by atoms with Crippen molar-refractivity contribution in [3.05, 3.63) is 53.3 Å². The maximum atomic E-state index is 12.0. The molecule has 1 aromatic heterocycles. The van der Waals surface area contributed by atoms with Gasteiger partial charge in [-0.15, -0.1) is 0 Å². The zero-order valence-corrected chi connectivity index (χ0v) is 14.7. The smallest absolute Gasteiger partial charge is 0.410 e. The minimum atomic E-state index is -0.533. The lowest BCUT2D eigenvalue weighted by molar-refractivity contribution is 0.0283. The monoisotopic (exact) mass is 331 g/mol. The molecule has 0 unspecified atom stereocenters. The molecule has 0 spiro atoms. The molecule has 24 heavy (non-hydrogen) atoms. The van der Waals surface area contributed by atoms with Crippen LogP contribution in [0.25, 0.3) is 0 Å². The van der Waals surface area contributed by atoms with Crippen molar-refractivity contribution < 1.29 is 14.6 Å². The Hall–Kier alpha value is -2.34. The molecule has 0 aliphatic rings. The minimum Gasteiger partial charge on any atom is -0.444 e. The Bertz CT molecular complexity index is 675. The number of nitrogens with zero attached hydrogens (tertiary/aromatic N) is 3. The standard InChI is InChI=1S/C18H25N3O3/c1-18(2,3)24-17(23)20(4)12-15-10-16(13-22)21(19-15)11-14-8-6-5-7-9-14/h5-10,22H,11-13H2,1-4H3. The molecule has 130 valence electrons. The minimum absolute atomic E-state index is 0.101. The molecule has 0 saturated carbocycles. The van der Waals surface area contributed by atoms with E-state index in [0.717, 1.165) is 5.56 Å². The van der Waals surface area contributed by atoms with Crippen LogP contribution in [0.1, 0.15) is 37.7 Å². The molecule has 2 aromatic rings. The first-order valence-corrected chi connectivity index (χ1v) is 7.93. The molecule has 0 bridgehead atoms. The van der Waals surface area contributed by atoms with Gasteiger partial charge >= 0.3 is 6.09 Å². The van der Waals surface area contributed by atoms with Crippen LogP contribution in [-0.4, -0.2) is 38.5 Å². The average Bonchev–Trinajstić information content (AvgIpc) is 2.88. The number of hydrogen-bond donors (Lipinski definition) is 1. The van der Waals surface area contributed by atoms with E-state index in [2.05, 4.69) is 5.10 Å². The van der Waals surface area contributed by atoms with Gasteiger partial charge in [-0.05, 0) is 32.4 Å². The fourth-order valence-electron chi connectivity index (χ4n) is 2.26. The molecule has 0 radical (unpaired) electrons. The van der Waals surface area contributed by atoms with E-state index < -0.39 is 11.7 Å². The van der Waals surface area contributed by atoms with Crippen LogP contribution in [0.4, 0.5) is 4.79 Å². The number of ether oxygens (including phenoxy) is 1. The number of aromatic nitrogens is 2. The summed E-state index contributed by atoms with van der Waals surface area (Å²) < 4.78 is 7.09. The predicted molar refractivity (Wildman–Crippen MR) is 91.4 cm³/mol. The van der Waals surface area contributed by atoms with Gasteiger partial charge in [-0.2, -0.15) is 5.10 Å². The number of carbonyl (C=O) groups is 1. The van der Waals surface area contributed by atoms with Crippen LogP contribution in [-0.2, 0) is 24.4 Å². The Morgan fingerprint density at radius 2 is 1.96 bits per heavy atom. The van der Waals surface area contributed by atoms with Gasteiger partial charge in [-0.3, -0.25) is 4.68 Å². The fraction of sp³-hybridized carbons (Fsp3) is 0.444. The van der Waals surface area contributed by atoms with Gasteiger partial charge in [0.1, 0.15) is 5.60 Å². The molecule has 0 aliphatic heterocycles. The summed E-state index contributed by atoms with van der Waals surface area (Å²) in [6.45, 7) is 6.29. The maximum absolute atomic E-state index is 12.0. The summed E-state index contributed by atoms with van der Waals surface area (Å²) in [5, 5.41) is 14.0. The van der Waals surface area contributed by atoms with E-state index in [1.54, 1.807) is 11.7 Å². The van der Waals surface area contributed by atoms with E-state index in [0.29, 0.717) is 24.5 Å². The second-order valence-corrected chi connectivity index (χ2v) is 6.76. The summed E-state index contributed by atoms with van der Waals surface area (Å²) in [4.78, 5) is 13.5. The number of amides is 1. The Morgan fingerprint density at radius 3 is 2.54 bits per heavy atom. The Kier molecular flexibility index (Phi) is 5.62. The van der Waals surface area contributed by atoms with Crippen LogP contribution in [0.3, 0.4) is 0 Å². The topological polar surface area (TPSA) is 67.6 Å². The molecule has 2 rings (SSSR count). The number of rotatable bonds is 5. The lowest BCUT2D eigenvalue weighted by Crippen LogP contribution is -2.33. The maximum Gasteiger partial charge on any atom is 0.410 e. The first kappa shape index (κ1) is 18.0. The van der Waals surface area contributed by atoms with Gasteiger partial charge in [0.2, 0.25) is 0 Å². The van der Waals surface area contributed by atoms with Gasteiger partial charge in [0, 0.05) is 7.05 Å². The summed E-state index contributed by atoms with van der Waals surface area (Å²) in [6, 6.07) is 11.7. The predicted octanol–water partition coefficient (Wildman–Crippen LogP) is 2.79. The summed E-state index contributed by atoms with van der Waals surface area (Å²) >= 11 is 0. The highest BCUT2D eigenvalue weighted by Gasteiger charge is 2.20. The third-order valence-corrected chi connectivity index (χ3v) is 3.36. The number of benzene rings is 1. The number of aliphatic hydroxyl groups is 1. The first-order chi connectivity index (χ1) is 11.3. The van der Waals surface area contributed by atoms with Crippen molar-refractivity contribution >= 4 is 6.09 Å². The summed E-state index contributed by atoms with van der Waals surface area (Å²) in [5.74, 6) is 0. The Balaban J connectivity index is 2.07. The van der Waals surface area contributed by atoms with Crippen molar-refractivity contribution in [1.29, 1.82) is 0 Å². The van der Waals surface area contributed by atoms with Crippen LogP contribution in [0.5, 0.6) is 0 Å². The van der Waals surface area contributed by atoms with Gasteiger partial charge in [-0.25, -0.2) is 4.79 Å². The van der Waals surface area contributed by atoms with Gasteiger partial charge in [-0.1, -0.05) is 30.3 Å². The highest BCUT2D eigenvalue weighted by molar-refractivity contribution is 5.67. The molecular weight excluding hydrogens is 306 g/mol. The lowest BCUT2D eigenvalue weighted by Gasteiger charge is -2.24. The van der Waals surface area contributed by atoms with Crippen molar-refractivity contribution in [2.24, 2.45) is 0 Å². The number of carbonyl (C=O) groups excluding carboxylic acids is 1. The van der Waals surface area contributed by atoms with Gasteiger partial charge in [0.05, 0.1) is 31.1 Å². The third-order valence-electron chi connectivity index (χ3n) is 3.36. The van der Waals surface area contributed by atoms with Crippen LogP contribution < -0.4 is 0 Å². The quantitative estimate of drug-likeness (QED) is 0.915. The van der Waals surface area contributed by atoms with E-state index in [-0.39, 0.29) is 6.61 Å². The second kappa shape index (κ2) is 7.49. The van der Waals surface area contributed by atoms with Crippen LogP contribution >= 0.6 is 0 Å². The highest BCUT2D eigenvalue weighted by atomic mass is 16.6. The molecule has 6 heteroatoms. The lowest BCUT2D eigenvalue weighted by atomic mass is 10.2. The summed E-state index contributed by atoms with van der Waals surface area (Å²) in [5.41, 5.74) is 1.99. The summed E-state index contributed by atoms with van der Waals surface area (Å²) in [6.07, 6.45) is -0.398. The van der Waals surface area contributed by atoms with Gasteiger partial charge in [0.15, 0.2) is 0 Å². The van der Waals surface area contributed by atoms with Crippen LogP contribution in [0, 0.1) is 0 Å². The van der Waals surface area contributed by atoms with Crippen LogP contribution in [0.15, 0.2) is 36.4 Å². The molecule has 1 amide bonds. The van der Waals surface area contributed by atoms with E-state index >= 15 is 0 Å².